The average Bonchev–Trinajstić information content (AvgIpc) is 2.23. The van der Waals surface area contributed by atoms with Crippen LogP contribution in [0.25, 0.3) is 0 Å². The lowest BCUT2D eigenvalue weighted by molar-refractivity contribution is -0.116. The molecule has 0 heterocycles. The summed E-state index contributed by atoms with van der Waals surface area (Å²) in [6, 6.07) is 5.70. The van der Waals surface area contributed by atoms with Crippen molar-refractivity contribution in [2.75, 3.05) is 5.32 Å². The lowest BCUT2D eigenvalue weighted by Gasteiger charge is -2.11. The maximum atomic E-state index is 11.7. The van der Waals surface area contributed by atoms with E-state index in [0.29, 0.717) is 6.42 Å². The molecule has 0 aliphatic carbocycles. The molecule has 1 aromatic carbocycles. The molecule has 0 saturated carbocycles. The third-order valence-corrected chi connectivity index (χ3v) is 3.44. The molecule has 0 fully saturated rings. The molecular formula is C13H19BrN2O. The predicted octanol–water partition coefficient (Wildman–Crippen LogP) is 3.21. The lowest BCUT2D eigenvalue weighted by Crippen LogP contribution is -2.26. The number of anilines is 1. The van der Waals surface area contributed by atoms with Crippen molar-refractivity contribution >= 4 is 27.5 Å². The Kier molecular flexibility index (Phi) is 5.65. The first-order valence-corrected chi connectivity index (χ1v) is 6.63. The van der Waals surface area contributed by atoms with Gasteiger partial charge in [-0.05, 0) is 37.1 Å². The van der Waals surface area contributed by atoms with Gasteiger partial charge >= 0.3 is 0 Å². The maximum Gasteiger partial charge on any atom is 0.225 e. The lowest BCUT2D eigenvalue weighted by atomic mass is 10.1. The summed E-state index contributed by atoms with van der Waals surface area (Å²) in [5.74, 6) is -0.0207. The molecule has 1 atom stereocenters. The summed E-state index contributed by atoms with van der Waals surface area (Å²) < 4.78 is 1.04. The highest BCUT2D eigenvalue weighted by atomic mass is 79.9. The highest BCUT2D eigenvalue weighted by molar-refractivity contribution is 9.10. The zero-order valence-corrected chi connectivity index (χ0v) is 11.9. The molecule has 3 N–H and O–H groups in total. The van der Waals surface area contributed by atoms with Gasteiger partial charge in [0.05, 0.1) is 0 Å². The van der Waals surface area contributed by atoms with Gasteiger partial charge in [-0.3, -0.25) is 4.79 Å². The summed E-state index contributed by atoms with van der Waals surface area (Å²) in [4.78, 5) is 11.7. The molecular weight excluding hydrogens is 280 g/mol. The summed E-state index contributed by atoms with van der Waals surface area (Å²) in [5, 5.41) is 2.86. The van der Waals surface area contributed by atoms with Gasteiger partial charge in [0.1, 0.15) is 0 Å². The fourth-order valence-corrected chi connectivity index (χ4v) is 1.89. The minimum Gasteiger partial charge on any atom is -0.327 e. The largest absolute Gasteiger partial charge is 0.327 e. The number of hydrogen-bond donors (Lipinski definition) is 2. The van der Waals surface area contributed by atoms with Gasteiger partial charge in [0.2, 0.25) is 5.91 Å². The van der Waals surface area contributed by atoms with E-state index in [2.05, 4.69) is 28.2 Å². The van der Waals surface area contributed by atoms with Gasteiger partial charge in [0.25, 0.3) is 0 Å². The molecule has 0 radical (unpaired) electrons. The van der Waals surface area contributed by atoms with Crippen LogP contribution in [0.3, 0.4) is 0 Å². The second kappa shape index (κ2) is 6.77. The van der Waals surface area contributed by atoms with E-state index in [4.69, 9.17) is 5.73 Å². The molecule has 0 spiro atoms. The molecule has 0 saturated heterocycles. The van der Waals surface area contributed by atoms with Gasteiger partial charge in [-0.1, -0.05) is 29.3 Å². The van der Waals surface area contributed by atoms with Gasteiger partial charge < -0.3 is 11.1 Å². The second-order valence-electron chi connectivity index (χ2n) is 4.27. The molecule has 1 unspecified atom stereocenters. The summed E-state index contributed by atoms with van der Waals surface area (Å²) in [6.07, 6.45) is 2.27. The number of aryl methyl sites for hydroxylation is 1. The van der Waals surface area contributed by atoms with Gasteiger partial charge in [-0.2, -0.15) is 0 Å². The van der Waals surface area contributed by atoms with Crippen molar-refractivity contribution in [1.82, 2.24) is 0 Å². The molecule has 0 bridgehead atoms. The Labute approximate surface area is 111 Å². The number of nitrogens with two attached hydrogens (primary N) is 1. The molecule has 17 heavy (non-hydrogen) atoms. The Morgan fingerprint density at radius 1 is 1.53 bits per heavy atom. The van der Waals surface area contributed by atoms with Crippen LogP contribution in [0.15, 0.2) is 22.7 Å². The Morgan fingerprint density at radius 2 is 2.24 bits per heavy atom. The number of hydrogen-bond acceptors (Lipinski definition) is 2. The number of benzene rings is 1. The second-order valence-corrected chi connectivity index (χ2v) is 5.12. The van der Waals surface area contributed by atoms with Crippen molar-refractivity contribution in [3.8, 4) is 0 Å². The number of carbonyl (C=O) groups is 1. The van der Waals surface area contributed by atoms with Crippen LogP contribution < -0.4 is 11.1 Å². The van der Waals surface area contributed by atoms with Crippen LogP contribution in [0.2, 0.25) is 0 Å². The van der Waals surface area contributed by atoms with E-state index in [1.165, 1.54) is 0 Å². The summed E-state index contributed by atoms with van der Waals surface area (Å²) in [5.41, 5.74) is 7.74. The van der Waals surface area contributed by atoms with Gasteiger partial charge in [-0.25, -0.2) is 0 Å². The maximum absolute atomic E-state index is 11.7. The minimum atomic E-state index is -0.0449. The van der Waals surface area contributed by atoms with Gasteiger partial charge in [-0.15, -0.1) is 0 Å². The summed E-state index contributed by atoms with van der Waals surface area (Å²) in [6.45, 7) is 4.05. The Hall–Kier alpha value is -0.870. The van der Waals surface area contributed by atoms with Crippen LogP contribution >= 0.6 is 15.9 Å². The van der Waals surface area contributed by atoms with E-state index in [9.17, 15) is 4.79 Å². The fourth-order valence-electron chi connectivity index (χ4n) is 1.65. The highest BCUT2D eigenvalue weighted by Crippen LogP contribution is 2.20. The Morgan fingerprint density at radius 3 is 2.82 bits per heavy atom. The summed E-state index contributed by atoms with van der Waals surface area (Å²) >= 11 is 3.42. The van der Waals surface area contributed by atoms with Crippen molar-refractivity contribution in [2.45, 2.75) is 39.2 Å². The number of halogens is 1. The molecule has 0 aromatic heterocycles. The van der Waals surface area contributed by atoms with Crippen molar-refractivity contribution in [2.24, 2.45) is 5.73 Å². The monoisotopic (exact) mass is 298 g/mol. The van der Waals surface area contributed by atoms with E-state index in [1.54, 1.807) is 0 Å². The van der Waals surface area contributed by atoms with Crippen LogP contribution in [-0.2, 0) is 4.79 Å². The van der Waals surface area contributed by atoms with Crippen LogP contribution in [-0.4, -0.2) is 11.9 Å². The highest BCUT2D eigenvalue weighted by Gasteiger charge is 2.09. The molecule has 4 heteroatoms. The first-order valence-electron chi connectivity index (χ1n) is 5.84. The molecule has 0 aliphatic rings. The summed E-state index contributed by atoms with van der Waals surface area (Å²) in [7, 11) is 0. The van der Waals surface area contributed by atoms with Crippen LogP contribution in [0, 0.1) is 6.92 Å². The number of carbonyl (C=O) groups excluding carboxylic acids is 1. The standard InChI is InChI=1S/C13H19BrN2O/c1-3-4-10(15)8-13(17)16-11-5-6-12(14)9(2)7-11/h5-7,10H,3-4,8,15H2,1-2H3,(H,16,17). The predicted molar refractivity (Wildman–Crippen MR) is 75.0 cm³/mol. The van der Waals surface area contributed by atoms with Crippen LogP contribution in [0.1, 0.15) is 31.7 Å². The smallest absolute Gasteiger partial charge is 0.225 e. The Bertz CT molecular complexity index is 393. The third-order valence-electron chi connectivity index (χ3n) is 2.55. The van der Waals surface area contributed by atoms with Crippen molar-refractivity contribution < 1.29 is 4.79 Å². The number of amides is 1. The number of rotatable bonds is 5. The topological polar surface area (TPSA) is 55.1 Å². The quantitative estimate of drug-likeness (QED) is 0.877. The van der Waals surface area contributed by atoms with Gasteiger partial charge in [0.15, 0.2) is 0 Å². The van der Waals surface area contributed by atoms with Crippen LogP contribution in [0.5, 0.6) is 0 Å². The molecule has 1 rings (SSSR count). The van der Waals surface area contributed by atoms with E-state index >= 15 is 0 Å². The van der Waals surface area contributed by atoms with Crippen molar-refractivity contribution in [3.05, 3.63) is 28.2 Å². The SMILES string of the molecule is CCCC(N)CC(=O)Nc1ccc(Br)c(C)c1. The molecule has 94 valence electrons. The molecule has 0 aliphatic heterocycles. The zero-order valence-electron chi connectivity index (χ0n) is 10.3. The fraction of sp³-hybridized carbons (Fsp3) is 0.462. The minimum absolute atomic E-state index is 0.0207. The first kappa shape index (κ1) is 14.2. The van der Waals surface area contributed by atoms with Crippen LogP contribution in [0.4, 0.5) is 5.69 Å². The van der Waals surface area contributed by atoms with E-state index in [0.717, 1.165) is 28.6 Å². The van der Waals surface area contributed by atoms with Gasteiger partial charge in [0, 0.05) is 22.6 Å². The Balaban J connectivity index is 2.53. The number of nitrogens with one attached hydrogen (secondary N) is 1. The normalized spacial score (nSPS) is 12.2. The van der Waals surface area contributed by atoms with E-state index in [1.807, 2.05) is 25.1 Å². The van der Waals surface area contributed by atoms with Crippen molar-refractivity contribution in [3.63, 3.8) is 0 Å². The molecule has 3 nitrogen and oxygen atoms in total. The zero-order chi connectivity index (χ0) is 12.8. The first-order chi connectivity index (χ1) is 8.02. The molecule has 1 aromatic rings. The van der Waals surface area contributed by atoms with E-state index < -0.39 is 0 Å². The van der Waals surface area contributed by atoms with Crippen molar-refractivity contribution in [1.29, 1.82) is 0 Å². The van der Waals surface area contributed by atoms with E-state index in [-0.39, 0.29) is 11.9 Å². The third kappa shape index (κ3) is 4.88. The average molecular weight is 299 g/mol. The molecule has 1 amide bonds.